The fourth-order valence-electron chi connectivity index (χ4n) is 2.29. The van der Waals surface area contributed by atoms with Crippen LogP contribution in [-0.4, -0.2) is 50.2 Å². The van der Waals surface area contributed by atoms with Gasteiger partial charge in [-0.2, -0.15) is 4.31 Å². The Kier molecular flexibility index (Phi) is 5.30. The van der Waals surface area contributed by atoms with Crippen molar-refractivity contribution < 1.29 is 16.8 Å². The Morgan fingerprint density at radius 1 is 1.52 bits per heavy atom. The van der Waals surface area contributed by atoms with Gasteiger partial charge in [-0.05, 0) is 12.8 Å². The molecule has 0 N–H and O–H groups in total. The summed E-state index contributed by atoms with van der Waals surface area (Å²) in [6.07, 6.45) is 3.08. The van der Waals surface area contributed by atoms with Crippen molar-refractivity contribution in [3.05, 3.63) is 10.7 Å². The van der Waals surface area contributed by atoms with Gasteiger partial charge < -0.3 is 0 Å². The number of aromatic nitrogens is 1. The van der Waals surface area contributed by atoms with Gasteiger partial charge in [0.05, 0.1) is 17.7 Å². The maximum atomic E-state index is 12.7. The summed E-state index contributed by atoms with van der Waals surface area (Å²) in [5, 5.41) is 0. The van der Waals surface area contributed by atoms with E-state index in [1.807, 2.05) is 6.92 Å². The van der Waals surface area contributed by atoms with Gasteiger partial charge in [0.1, 0.15) is 0 Å². The molecule has 0 radical (unpaired) electrons. The minimum absolute atomic E-state index is 0.0409. The summed E-state index contributed by atoms with van der Waals surface area (Å²) in [6.45, 7) is 2.27. The highest BCUT2D eigenvalue weighted by atomic mass is 35.5. The van der Waals surface area contributed by atoms with E-state index < -0.39 is 25.9 Å². The number of halogens is 1. The standard InChI is InChI=1S/C11H17ClN2O4S3/c1-2-3-5-14(9-4-6-20(15,16)8-9)21(17,18)10-7-13-11(12)19-10/h7,9H,2-6,8H2,1H3. The van der Waals surface area contributed by atoms with Gasteiger partial charge in [0.2, 0.25) is 0 Å². The summed E-state index contributed by atoms with van der Waals surface area (Å²) in [5.74, 6) is -0.0677. The molecule has 6 nitrogen and oxygen atoms in total. The molecule has 0 bridgehead atoms. The highest BCUT2D eigenvalue weighted by Gasteiger charge is 2.39. The van der Waals surface area contributed by atoms with E-state index in [-0.39, 0.29) is 20.2 Å². The molecule has 1 fully saturated rings. The molecule has 1 aliphatic heterocycles. The minimum atomic E-state index is -3.75. The van der Waals surface area contributed by atoms with Crippen LogP contribution in [0, 0.1) is 0 Å². The van der Waals surface area contributed by atoms with Crippen LogP contribution in [-0.2, 0) is 19.9 Å². The van der Waals surface area contributed by atoms with Crippen LogP contribution in [0.2, 0.25) is 4.47 Å². The highest BCUT2D eigenvalue weighted by molar-refractivity contribution is 7.92. The second kappa shape index (κ2) is 6.49. The molecule has 0 aliphatic carbocycles. The Labute approximate surface area is 134 Å². The van der Waals surface area contributed by atoms with Gasteiger partial charge in [-0.1, -0.05) is 36.3 Å². The maximum absolute atomic E-state index is 12.7. The fourth-order valence-corrected chi connectivity index (χ4v) is 7.23. The molecule has 1 saturated heterocycles. The number of unbranched alkanes of at least 4 members (excludes halogenated alkanes) is 1. The number of nitrogens with zero attached hydrogens (tertiary/aromatic N) is 2. The van der Waals surface area contributed by atoms with Gasteiger partial charge in [-0.3, -0.25) is 0 Å². The van der Waals surface area contributed by atoms with Crippen LogP contribution >= 0.6 is 22.9 Å². The smallest absolute Gasteiger partial charge is 0.232 e. The zero-order valence-corrected chi connectivity index (χ0v) is 14.7. The third-order valence-corrected chi connectivity index (χ3v) is 8.62. The number of sulfone groups is 1. The molecular weight excluding hydrogens is 356 g/mol. The second-order valence-corrected chi connectivity index (χ2v) is 10.9. The maximum Gasteiger partial charge on any atom is 0.254 e. The zero-order chi connectivity index (χ0) is 15.7. The molecule has 10 heteroatoms. The summed E-state index contributed by atoms with van der Waals surface area (Å²) in [7, 11) is -6.89. The average molecular weight is 373 g/mol. The summed E-state index contributed by atoms with van der Waals surface area (Å²) >= 11 is 6.60. The largest absolute Gasteiger partial charge is 0.254 e. The molecule has 120 valence electrons. The Hall–Kier alpha value is -0.220. The third kappa shape index (κ3) is 3.95. The number of thiazole rings is 1. The van der Waals surface area contributed by atoms with Crippen molar-refractivity contribution in [1.29, 1.82) is 0 Å². The molecule has 2 rings (SSSR count). The first-order valence-electron chi connectivity index (χ1n) is 6.60. The lowest BCUT2D eigenvalue weighted by atomic mass is 10.2. The predicted molar refractivity (Wildman–Crippen MR) is 83.0 cm³/mol. The Balaban J connectivity index is 2.31. The van der Waals surface area contributed by atoms with E-state index in [9.17, 15) is 16.8 Å². The number of hydrogen-bond donors (Lipinski definition) is 0. The van der Waals surface area contributed by atoms with Gasteiger partial charge in [-0.15, -0.1) is 0 Å². The van der Waals surface area contributed by atoms with Crippen molar-refractivity contribution in [2.45, 2.75) is 36.4 Å². The van der Waals surface area contributed by atoms with Crippen LogP contribution in [0.3, 0.4) is 0 Å². The van der Waals surface area contributed by atoms with Gasteiger partial charge in [0.25, 0.3) is 10.0 Å². The van der Waals surface area contributed by atoms with Crippen molar-refractivity contribution in [2.24, 2.45) is 0 Å². The first-order valence-corrected chi connectivity index (χ1v) is 11.1. The molecule has 21 heavy (non-hydrogen) atoms. The van der Waals surface area contributed by atoms with E-state index in [4.69, 9.17) is 11.6 Å². The zero-order valence-electron chi connectivity index (χ0n) is 11.5. The van der Waals surface area contributed by atoms with Crippen LogP contribution in [0.25, 0.3) is 0 Å². The summed E-state index contributed by atoms with van der Waals surface area (Å²) < 4.78 is 50.2. The first kappa shape index (κ1) is 17.1. The molecule has 1 aromatic heterocycles. The first-order chi connectivity index (χ1) is 9.76. The molecule has 0 aromatic carbocycles. The summed E-state index contributed by atoms with van der Waals surface area (Å²) in [5.41, 5.74) is 0. The molecule has 0 saturated carbocycles. The van der Waals surface area contributed by atoms with E-state index in [1.54, 1.807) is 0 Å². The van der Waals surface area contributed by atoms with E-state index in [1.165, 1.54) is 10.5 Å². The van der Waals surface area contributed by atoms with Crippen LogP contribution in [0.5, 0.6) is 0 Å². The van der Waals surface area contributed by atoms with Gasteiger partial charge in [-0.25, -0.2) is 21.8 Å². The van der Waals surface area contributed by atoms with E-state index in [2.05, 4.69) is 4.98 Å². The van der Waals surface area contributed by atoms with Crippen molar-refractivity contribution >= 4 is 42.8 Å². The Morgan fingerprint density at radius 2 is 2.24 bits per heavy atom. The second-order valence-electron chi connectivity index (χ2n) is 4.96. The molecule has 0 amide bonds. The molecule has 0 spiro atoms. The lowest BCUT2D eigenvalue weighted by Gasteiger charge is -2.26. The van der Waals surface area contributed by atoms with Gasteiger partial charge in [0.15, 0.2) is 18.5 Å². The average Bonchev–Trinajstić information content (AvgIpc) is 2.96. The lowest BCUT2D eigenvalue weighted by Crippen LogP contribution is -2.41. The molecule has 1 atom stereocenters. The normalized spacial score (nSPS) is 22.0. The van der Waals surface area contributed by atoms with Crippen LogP contribution < -0.4 is 0 Å². The quantitative estimate of drug-likeness (QED) is 0.759. The topological polar surface area (TPSA) is 84.4 Å². The molecule has 2 heterocycles. The van der Waals surface area contributed by atoms with Gasteiger partial charge in [0, 0.05) is 12.6 Å². The summed E-state index contributed by atoms with van der Waals surface area (Å²) in [6, 6.07) is -0.493. The number of sulfonamides is 1. The highest BCUT2D eigenvalue weighted by Crippen LogP contribution is 2.29. The number of rotatable bonds is 6. The fraction of sp³-hybridized carbons (Fsp3) is 0.727. The van der Waals surface area contributed by atoms with E-state index >= 15 is 0 Å². The van der Waals surface area contributed by atoms with Crippen LogP contribution in [0.1, 0.15) is 26.2 Å². The Bertz CT molecular complexity index is 699. The Morgan fingerprint density at radius 3 is 2.71 bits per heavy atom. The molecule has 1 aliphatic rings. The minimum Gasteiger partial charge on any atom is -0.232 e. The van der Waals surface area contributed by atoms with Gasteiger partial charge >= 0.3 is 0 Å². The van der Waals surface area contributed by atoms with Crippen molar-refractivity contribution in [3.8, 4) is 0 Å². The van der Waals surface area contributed by atoms with E-state index in [0.29, 0.717) is 19.4 Å². The van der Waals surface area contributed by atoms with E-state index in [0.717, 1.165) is 17.8 Å². The molecule has 1 aromatic rings. The molecular formula is C11H17ClN2O4S3. The predicted octanol–water partition coefficient (Wildman–Crippen LogP) is 1.77. The van der Waals surface area contributed by atoms with Crippen LogP contribution in [0.4, 0.5) is 0 Å². The van der Waals surface area contributed by atoms with Crippen molar-refractivity contribution in [2.75, 3.05) is 18.1 Å². The third-order valence-electron chi connectivity index (χ3n) is 3.37. The molecule has 1 unspecified atom stereocenters. The van der Waals surface area contributed by atoms with Crippen LogP contribution in [0.15, 0.2) is 10.4 Å². The lowest BCUT2D eigenvalue weighted by molar-refractivity contribution is 0.336. The summed E-state index contributed by atoms with van der Waals surface area (Å²) in [4.78, 5) is 3.76. The monoisotopic (exact) mass is 372 g/mol. The SMILES string of the molecule is CCCCN(C1CCS(=O)(=O)C1)S(=O)(=O)c1cnc(Cl)s1. The number of hydrogen-bond acceptors (Lipinski definition) is 6. The van der Waals surface area contributed by atoms with Crippen molar-refractivity contribution in [1.82, 2.24) is 9.29 Å². The van der Waals surface area contributed by atoms with Crippen molar-refractivity contribution in [3.63, 3.8) is 0 Å².